The molecule has 1 rings (SSSR count). The predicted molar refractivity (Wildman–Crippen MR) is 64.3 cm³/mol. The van der Waals surface area contributed by atoms with Crippen molar-refractivity contribution in [3.8, 4) is 5.75 Å². The molecule has 0 amide bonds. The van der Waals surface area contributed by atoms with Crippen LogP contribution in [0.3, 0.4) is 0 Å². The Morgan fingerprint density at radius 2 is 2.27 bits per heavy atom. The lowest BCUT2D eigenvalue weighted by Crippen LogP contribution is -2.18. The quantitative estimate of drug-likeness (QED) is 0.775. The van der Waals surface area contributed by atoms with Crippen LogP contribution in [-0.2, 0) is 4.74 Å². The van der Waals surface area contributed by atoms with E-state index in [9.17, 15) is 0 Å². The predicted octanol–water partition coefficient (Wildman–Crippen LogP) is 1.73. The lowest BCUT2D eigenvalue weighted by molar-refractivity contribution is 0.0921. The lowest BCUT2D eigenvalue weighted by Gasteiger charge is -2.14. The van der Waals surface area contributed by atoms with E-state index in [2.05, 4.69) is 0 Å². The monoisotopic (exact) mass is 225 g/mol. The van der Waals surface area contributed by atoms with Crippen molar-refractivity contribution < 1.29 is 9.47 Å². The van der Waals surface area contributed by atoms with E-state index in [0.29, 0.717) is 11.6 Å². The highest BCUT2D eigenvalue weighted by molar-refractivity contribution is 7.80. The molecule has 0 aliphatic carbocycles. The fourth-order valence-electron chi connectivity index (χ4n) is 1.22. The number of thiocarbonyl (C=S) groups is 1. The summed E-state index contributed by atoms with van der Waals surface area (Å²) in [7, 11) is 1.64. The Morgan fingerprint density at radius 1 is 1.53 bits per heavy atom. The molecule has 0 spiro atoms. The number of methoxy groups -OCH3 is 1. The molecule has 0 saturated carbocycles. The van der Waals surface area contributed by atoms with E-state index >= 15 is 0 Å². The Balaban J connectivity index is 2.69. The third-order valence-electron chi connectivity index (χ3n) is 1.86. The van der Waals surface area contributed by atoms with Gasteiger partial charge in [0.2, 0.25) is 0 Å². The molecular formula is C11H15NO2S. The molecule has 82 valence electrons. The molecule has 0 aromatic heterocycles. The number of benzene rings is 1. The van der Waals surface area contributed by atoms with E-state index in [0.717, 1.165) is 11.3 Å². The fraction of sp³-hybridized carbons (Fsp3) is 0.364. The second-order valence-electron chi connectivity index (χ2n) is 3.28. The molecule has 0 aliphatic heterocycles. The van der Waals surface area contributed by atoms with Gasteiger partial charge in [0, 0.05) is 12.7 Å². The highest BCUT2D eigenvalue weighted by atomic mass is 32.1. The Morgan fingerprint density at radius 3 is 2.87 bits per heavy atom. The first-order valence-corrected chi connectivity index (χ1v) is 5.09. The molecule has 0 fully saturated rings. The van der Waals surface area contributed by atoms with Crippen LogP contribution in [0.15, 0.2) is 24.3 Å². The van der Waals surface area contributed by atoms with Gasteiger partial charge in [-0.1, -0.05) is 24.4 Å². The van der Waals surface area contributed by atoms with Crippen LogP contribution in [0.5, 0.6) is 5.75 Å². The molecule has 3 nitrogen and oxygen atoms in total. The number of rotatable bonds is 5. The molecule has 1 aromatic rings. The van der Waals surface area contributed by atoms with E-state index < -0.39 is 0 Å². The SMILES string of the molecule is COCC(C)Oc1cccc(C(N)=S)c1. The third-order valence-corrected chi connectivity index (χ3v) is 2.09. The van der Waals surface area contributed by atoms with E-state index in [4.69, 9.17) is 27.4 Å². The standard InChI is InChI=1S/C11H15NO2S/c1-8(7-13-2)14-10-5-3-4-9(6-10)11(12)15/h3-6,8H,7H2,1-2H3,(H2,12,15). The Hall–Kier alpha value is -1.13. The van der Waals surface area contributed by atoms with Gasteiger partial charge in [0.15, 0.2) is 0 Å². The summed E-state index contributed by atoms with van der Waals surface area (Å²) in [5, 5.41) is 0. The van der Waals surface area contributed by atoms with Gasteiger partial charge in [-0.05, 0) is 19.1 Å². The van der Waals surface area contributed by atoms with Crippen LogP contribution < -0.4 is 10.5 Å². The zero-order chi connectivity index (χ0) is 11.3. The van der Waals surface area contributed by atoms with Gasteiger partial charge in [0.25, 0.3) is 0 Å². The molecule has 0 aliphatic rings. The normalized spacial score (nSPS) is 12.1. The van der Waals surface area contributed by atoms with E-state index in [1.165, 1.54) is 0 Å². The van der Waals surface area contributed by atoms with Crippen LogP contribution in [0.4, 0.5) is 0 Å². The minimum Gasteiger partial charge on any atom is -0.488 e. The van der Waals surface area contributed by atoms with Crippen molar-refractivity contribution in [1.82, 2.24) is 0 Å². The molecule has 15 heavy (non-hydrogen) atoms. The van der Waals surface area contributed by atoms with Gasteiger partial charge in [0.1, 0.15) is 16.8 Å². The largest absolute Gasteiger partial charge is 0.488 e. The molecule has 1 aromatic carbocycles. The first kappa shape index (κ1) is 11.9. The number of nitrogens with two attached hydrogens (primary N) is 1. The van der Waals surface area contributed by atoms with Crippen molar-refractivity contribution in [2.45, 2.75) is 13.0 Å². The van der Waals surface area contributed by atoms with Crippen molar-refractivity contribution >= 4 is 17.2 Å². The Kier molecular flexibility index (Phi) is 4.52. The number of hydrogen-bond acceptors (Lipinski definition) is 3. The van der Waals surface area contributed by atoms with Gasteiger partial charge in [-0.3, -0.25) is 0 Å². The maximum Gasteiger partial charge on any atom is 0.120 e. The van der Waals surface area contributed by atoms with Gasteiger partial charge in [-0.2, -0.15) is 0 Å². The summed E-state index contributed by atoms with van der Waals surface area (Å²) < 4.78 is 10.6. The molecule has 0 saturated heterocycles. The summed E-state index contributed by atoms with van der Waals surface area (Å²) in [6.07, 6.45) is 0.0107. The first-order chi connectivity index (χ1) is 7.13. The van der Waals surface area contributed by atoms with Crippen LogP contribution in [0, 0.1) is 0 Å². The average Bonchev–Trinajstić information content (AvgIpc) is 2.18. The summed E-state index contributed by atoms with van der Waals surface area (Å²) in [6, 6.07) is 7.42. The van der Waals surface area contributed by atoms with Crippen molar-refractivity contribution in [2.75, 3.05) is 13.7 Å². The minimum atomic E-state index is 0.0107. The second-order valence-corrected chi connectivity index (χ2v) is 3.72. The zero-order valence-electron chi connectivity index (χ0n) is 8.90. The van der Waals surface area contributed by atoms with Crippen LogP contribution in [-0.4, -0.2) is 24.8 Å². The van der Waals surface area contributed by atoms with Gasteiger partial charge in [-0.25, -0.2) is 0 Å². The summed E-state index contributed by atoms with van der Waals surface area (Å²) in [4.78, 5) is 0.375. The maximum absolute atomic E-state index is 5.61. The van der Waals surface area contributed by atoms with Crippen molar-refractivity contribution in [3.05, 3.63) is 29.8 Å². The minimum absolute atomic E-state index is 0.0107. The van der Waals surface area contributed by atoms with Gasteiger partial charge < -0.3 is 15.2 Å². The van der Waals surface area contributed by atoms with Crippen LogP contribution in [0.2, 0.25) is 0 Å². The molecule has 0 heterocycles. The highest BCUT2D eigenvalue weighted by Crippen LogP contribution is 2.14. The lowest BCUT2D eigenvalue weighted by atomic mass is 10.2. The summed E-state index contributed by atoms with van der Waals surface area (Å²) in [5.74, 6) is 0.754. The highest BCUT2D eigenvalue weighted by Gasteiger charge is 2.04. The van der Waals surface area contributed by atoms with Crippen LogP contribution in [0.1, 0.15) is 12.5 Å². The van der Waals surface area contributed by atoms with Crippen molar-refractivity contribution in [1.29, 1.82) is 0 Å². The second kappa shape index (κ2) is 5.68. The third kappa shape index (κ3) is 3.85. The smallest absolute Gasteiger partial charge is 0.120 e. The molecule has 0 radical (unpaired) electrons. The topological polar surface area (TPSA) is 44.5 Å². The summed E-state index contributed by atoms with van der Waals surface area (Å²) >= 11 is 4.88. The Bertz CT molecular complexity index is 341. The molecule has 2 N–H and O–H groups in total. The molecule has 0 bridgehead atoms. The van der Waals surface area contributed by atoms with Gasteiger partial charge in [0.05, 0.1) is 6.61 Å². The zero-order valence-corrected chi connectivity index (χ0v) is 9.71. The molecule has 1 atom stereocenters. The fourth-order valence-corrected chi connectivity index (χ4v) is 1.35. The summed E-state index contributed by atoms with van der Waals surface area (Å²) in [6.45, 7) is 2.49. The maximum atomic E-state index is 5.61. The molecule has 1 unspecified atom stereocenters. The van der Waals surface area contributed by atoms with E-state index in [1.807, 2.05) is 31.2 Å². The number of hydrogen-bond donors (Lipinski definition) is 1. The van der Waals surface area contributed by atoms with E-state index in [1.54, 1.807) is 7.11 Å². The van der Waals surface area contributed by atoms with Crippen LogP contribution in [0.25, 0.3) is 0 Å². The first-order valence-electron chi connectivity index (χ1n) is 4.69. The summed E-state index contributed by atoms with van der Waals surface area (Å²) in [5.41, 5.74) is 6.34. The molecular weight excluding hydrogens is 210 g/mol. The van der Waals surface area contributed by atoms with Crippen LogP contribution >= 0.6 is 12.2 Å². The van der Waals surface area contributed by atoms with Gasteiger partial charge >= 0.3 is 0 Å². The van der Waals surface area contributed by atoms with Crippen molar-refractivity contribution in [2.24, 2.45) is 5.73 Å². The molecule has 4 heteroatoms. The van der Waals surface area contributed by atoms with E-state index in [-0.39, 0.29) is 6.10 Å². The van der Waals surface area contributed by atoms with Crippen molar-refractivity contribution in [3.63, 3.8) is 0 Å². The average molecular weight is 225 g/mol. The Labute approximate surface area is 95.2 Å². The van der Waals surface area contributed by atoms with Gasteiger partial charge in [-0.15, -0.1) is 0 Å². The number of ether oxygens (including phenoxy) is 2.